The highest BCUT2D eigenvalue weighted by Gasteiger charge is 2.08. The molecule has 2 rings (SSSR count). The van der Waals surface area contributed by atoms with Crippen LogP contribution in [0.4, 0.5) is 5.82 Å². The van der Waals surface area contributed by atoms with Crippen molar-refractivity contribution in [3.8, 4) is 0 Å². The van der Waals surface area contributed by atoms with Gasteiger partial charge in [0, 0.05) is 24.3 Å². The summed E-state index contributed by atoms with van der Waals surface area (Å²) in [5.41, 5.74) is 2.08. The lowest BCUT2D eigenvalue weighted by Gasteiger charge is -2.20. The van der Waals surface area contributed by atoms with Gasteiger partial charge in [0.1, 0.15) is 5.82 Å². The van der Waals surface area contributed by atoms with Crippen molar-refractivity contribution in [2.24, 2.45) is 0 Å². The average molecular weight is 321 g/mol. The van der Waals surface area contributed by atoms with E-state index in [1.54, 1.807) is 13.1 Å². The van der Waals surface area contributed by atoms with Crippen LogP contribution in [0.2, 0.25) is 0 Å². The number of rotatable bonds is 4. The van der Waals surface area contributed by atoms with Crippen molar-refractivity contribution in [1.29, 1.82) is 0 Å². The Labute approximate surface area is 122 Å². The third-order valence-electron chi connectivity index (χ3n) is 3.01. The van der Waals surface area contributed by atoms with Gasteiger partial charge in [0.25, 0.3) is 0 Å². The number of hydrogen-bond donors (Lipinski definition) is 1. The zero-order valence-electron chi connectivity index (χ0n) is 11.0. The highest BCUT2D eigenvalue weighted by molar-refractivity contribution is 9.10. The lowest BCUT2D eigenvalue weighted by atomic mass is 10.1. The second kappa shape index (κ2) is 6.17. The normalized spacial score (nSPS) is 12.2. The predicted molar refractivity (Wildman–Crippen MR) is 81.1 cm³/mol. The lowest BCUT2D eigenvalue weighted by molar-refractivity contribution is 0.199. The largest absolute Gasteiger partial charge is 0.389 e. The van der Waals surface area contributed by atoms with Crippen LogP contribution in [0.1, 0.15) is 24.2 Å². The van der Waals surface area contributed by atoms with Crippen LogP contribution in [-0.2, 0) is 6.54 Å². The Bertz CT molecular complexity index is 557. The standard InChI is InChI=1S/C15H17BrN2O/c1-11(19)12-7-8-17-15(9-12)18(2)10-13-5-3-4-6-14(13)16/h3-9,11,19H,10H2,1-2H3. The van der Waals surface area contributed by atoms with Crippen LogP contribution in [0.25, 0.3) is 0 Å². The smallest absolute Gasteiger partial charge is 0.128 e. The molecular weight excluding hydrogens is 304 g/mol. The molecule has 0 amide bonds. The second-order valence-electron chi connectivity index (χ2n) is 4.57. The molecular formula is C15H17BrN2O. The van der Waals surface area contributed by atoms with Crippen molar-refractivity contribution < 1.29 is 5.11 Å². The van der Waals surface area contributed by atoms with Crippen molar-refractivity contribution in [2.45, 2.75) is 19.6 Å². The predicted octanol–water partition coefficient (Wildman–Crippen LogP) is 3.53. The minimum atomic E-state index is -0.474. The van der Waals surface area contributed by atoms with E-state index < -0.39 is 6.10 Å². The van der Waals surface area contributed by atoms with Crippen LogP contribution in [0.3, 0.4) is 0 Å². The number of anilines is 1. The fraction of sp³-hybridized carbons (Fsp3) is 0.267. The first-order valence-electron chi connectivity index (χ1n) is 6.16. The Morgan fingerprint density at radius 2 is 2.05 bits per heavy atom. The van der Waals surface area contributed by atoms with Gasteiger partial charge in [0.2, 0.25) is 0 Å². The number of pyridine rings is 1. The van der Waals surface area contributed by atoms with Crippen molar-refractivity contribution in [3.05, 3.63) is 58.2 Å². The molecule has 0 fully saturated rings. The molecule has 2 aromatic rings. The van der Waals surface area contributed by atoms with Gasteiger partial charge >= 0.3 is 0 Å². The number of aliphatic hydroxyl groups excluding tert-OH is 1. The van der Waals surface area contributed by atoms with Crippen LogP contribution in [0.5, 0.6) is 0 Å². The Morgan fingerprint density at radius 1 is 1.32 bits per heavy atom. The van der Waals surface area contributed by atoms with Crippen LogP contribution < -0.4 is 4.90 Å². The van der Waals surface area contributed by atoms with Crippen LogP contribution in [0.15, 0.2) is 47.1 Å². The first kappa shape index (κ1) is 14.0. The summed E-state index contributed by atoms with van der Waals surface area (Å²) in [4.78, 5) is 6.41. The second-order valence-corrected chi connectivity index (χ2v) is 5.43. The fourth-order valence-corrected chi connectivity index (χ4v) is 2.28. The summed E-state index contributed by atoms with van der Waals surface area (Å²) >= 11 is 3.55. The van der Waals surface area contributed by atoms with Gasteiger partial charge in [-0.15, -0.1) is 0 Å². The lowest BCUT2D eigenvalue weighted by Crippen LogP contribution is -2.18. The first-order chi connectivity index (χ1) is 9.08. The summed E-state index contributed by atoms with van der Waals surface area (Å²) < 4.78 is 1.09. The summed E-state index contributed by atoms with van der Waals surface area (Å²) in [5.74, 6) is 0.856. The Morgan fingerprint density at radius 3 is 2.74 bits per heavy atom. The van der Waals surface area contributed by atoms with Gasteiger partial charge in [0.15, 0.2) is 0 Å². The molecule has 1 unspecified atom stereocenters. The number of hydrogen-bond acceptors (Lipinski definition) is 3. The summed E-state index contributed by atoms with van der Waals surface area (Å²) in [6.45, 7) is 2.52. The van der Waals surface area contributed by atoms with Crippen LogP contribution in [-0.4, -0.2) is 17.1 Å². The minimum absolute atomic E-state index is 0.474. The third-order valence-corrected chi connectivity index (χ3v) is 3.78. The van der Waals surface area contributed by atoms with Gasteiger partial charge in [-0.1, -0.05) is 34.1 Å². The van der Waals surface area contributed by atoms with E-state index in [2.05, 4.69) is 31.9 Å². The van der Waals surface area contributed by atoms with Crippen molar-refractivity contribution in [2.75, 3.05) is 11.9 Å². The molecule has 0 spiro atoms. The summed E-state index contributed by atoms with van der Waals surface area (Å²) in [7, 11) is 1.99. The molecule has 1 aromatic carbocycles. The summed E-state index contributed by atoms with van der Waals surface area (Å²) in [6.07, 6.45) is 1.26. The highest BCUT2D eigenvalue weighted by Crippen LogP contribution is 2.21. The zero-order valence-corrected chi connectivity index (χ0v) is 12.6. The summed E-state index contributed by atoms with van der Waals surface area (Å²) in [6, 6.07) is 11.9. The molecule has 0 aliphatic rings. The Hall–Kier alpha value is -1.39. The number of halogens is 1. The van der Waals surface area contributed by atoms with E-state index >= 15 is 0 Å². The number of aliphatic hydroxyl groups is 1. The van der Waals surface area contributed by atoms with E-state index in [1.807, 2.05) is 37.4 Å². The van der Waals surface area contributed by atoms with Gasteiger partial charge in [0.05, 0.1) is 6.10 Å². The molecule has 1 heterocycles. The topological polar surface area (TPSA) is 36.4 Å². The van der Waals surface area contributed by atoms with E-state index in [0.717, 1.165) is 22.4 Å². The minimum Gasteiger partial charge on any atom is -0.389 e. The van der Waals surface area contributed by atoms with E-state index in [4.69, 9.17) is 0 Å². The third kappa shape index (κ3) is 3.55. The molecule has 4 heteroatoms. The molecule has 0 aliphatic carbocycles. The Kier molecular flexibility index (Phi) is 4.56. The zero-order chi connectivity index (χ0) is 13.8. The molecule has 0 bridgehead atoms. The van der Waals surface area contributed by atoms with Gasteiger partial charge in [-0.25, -0.2) is 4.98 Å². The van der Waals surface area contributed by atoms with Crippen LogP contribution in [0, 0.1) is 0 Å². The van der Waals surface area contributed by atoms with Gasteiger partial charge in [-0.2, -0.15) is 0 Å². The number of benzene rings is 1. The number of aromatic nitrogens is 1. The van der Waals surface area contributed by atoms with E-state index in [9.17, 15) is 5.11 Å². The van der Waals surface area contributed by atoms with E-state index in [0.29, 0.717) is 0 Å². The molecule has 1 aromatic heterocycles. The molecule has 19 heavy (non-hydrogen) atoms. The quantitative estimate of drug-likeness (QED) is 0.936. The van der Waals surface area contributed by atoms with Crippen molar-refractivity contribution in [3.63, 3.8) is 0 Å². The van der Waals surface area contributed by atoms with Gasteiger partial charge in [-0.05, 0) is 36.2 Å². The van der Waals surface area contributed by atoms with Gasteiger partial charge < -0.3 is 10.0 Å². The molecule has 1 N–H and O–H groups in total. The summed E-state index contributed by atoms with van der Waals surface area (Å²) in [5, 5.41) is 9.61. The molecule has 100 valence electrons. The fourth-order valence-electron chi connectivity index (χ4n) is 1.87. The van der Waals surface area contributed by atoms with Crippen molar-refractivity contribution in [1.82, 2.24) is 4.98 Å². The maximum absolute atomic E-state index is 9.61. The molecule has 0 saturated carbocycles. The SMILES string of the molecule is CC(O)c1ccnc(N(C)Cc2ccccc2Br)c1. The maximum Gasteiger partial charge on any atom is 0.128 e. The Balaban J connectivity index is 2.18. The average Bonchev–Trinajstić information content (AvgIpc) is 2.41. The molecule has 0 saturated heterocycles. The first-order valence-corrected chi connectivity index (χ1v) is 6.96. The molecule has 1 atom stereocenters. The van der Waals surface area contributed by atoms with Gasteiger partial charge in [-0.3, -0.25) is 0 Å². The number of nitrogens with zero attached hydrogens (tertiary/aromatic N) is 2. The molecule has 0 radical (unpaired) electrons. The highest BCUT2D eigenvalue weighted by atomic mass is 79.9. The molecule has 3 nitrogen and oxygen atoms in total. The van der Waals surface area contributed by atoms with Crippen molar-refractivity contribution >= 4 is 21.7 Å². The molecule has 0 aliphatic heterocycles. The van der Waals surface area contributed by atoms with E-state index in [1.165, 1.54) is 5.56 Å². The van der Waals surface area contributed by atoms with E-state index in [-0.39, 0.29) is 0 Å². The van der Waals surface area contributed by atoms with Crippen LogP contribution >= 0.6 is 15.9 Å². The maximum atomic E-state index is 9.61. The monoisotopic (exact) mass is 320 g/mol.